The summed E-state index contributed by atoms with van der Waals surface area (Å²) in [6.07, 6.45) is 5.35. The summed E-state index contributed by atoms with van der Waals surface area (Å²) >= 11 is 0. The second-order valence-corrected chi connectivity index (χ2v) is 4.95. The molecular weight excluding hydrogens is 239 g/mol. The van der Waals surface area contributed by atoms with Gasteiger partial charge in [0.2, 0.25) is 0 Å². The third kappa shape index (κ3) is 2.66. The Hall–Kier alpha value is -1.74. The Morgan fingerprint density at radius 1 is 1.05 bits per heavy atom. The van der Waals surface area contributed by atoms with Gasteiger partial charge >= 0.3 is 0 Å². The largest absolute Gasteiger partial charge is 0.317 e. The van der Waals surface area contributed by atoms with Crippen LogP contribution in [-0.2, 0) is 6.42 Å². The molecule has 0 bridgehead atoms. The average molecular weight is 256 g/mol. The van der Waals surface area contributed by atoms with Crippen molar-refractivity contribution in [3.63, 3.8) is 0 Å². The summed E-state index contributed by atoms with van der Waals surface area (Å²) < 4.78 is 13.0. The van der Waals surface area contributed by atoms with Crippen molar-refractivity contribution in [1.29, 1.82) is 0 Å². The highest BCUT2D eigenvalue weighted by atomic mass is 19.1. The maximum absolute atomic E-state index is 13.0. The van der Waals surface area contributed by atoms with Gasteiger partial charge in [-0.15, -0.1) is 0 Å². The van der Waals surface area contributed by atoms with Crippen LogP contribution in [0.3, 0.4) is 0 Å². The van der Waals surface area contributed by atoms with Crippen LogP contribution in [0, 0.1) is 5.82 Å². The van der Waals surface area contributed by atoms with Gasteiger partial charge in [0.1, 0.15) is 5.82 Å². The van der Waals surface area contributed by atoms with Crippen LogP contribution in [-0.4, -0.2) is 18.1 Å². The van der Waals surface area contributed by atoms with E-state index in [1.54, 1.807) is 12.3 Å². The minimum absolute atomic E-state index is 0.170. The molecule has 0 spiro atoms. The van der Waals surface area contributed by atoms with Crippen molar-refractivity contribution in [3.8, 4) is 11.3 Å². The third-order valence-electron chi connectivity index (χ3n) is 3.55. The van der Waals surface area contributed by atoms with E-state index >= 15 is 0 Å². The number of fused-ring (bicyclic) bond motifs is 3. The summed E-state index contributed by atoms with van der Waals surface area (Å²) in [5.74, 6) is -0.170. The quantitative estimate of drug-likeness (QED) is 0.668. The van der Waals surface area contributed by atoms with Gasteiger partial charge in [0.25, 0.3) is 0 Å². The monoisotopic (exact) mass is 256 g/mol. The molecule has 2 aromatic rings. The zero-order valence-electron chi connectivity index (χ0n) is 10.8. The van der Waals surface area contributed by atoms with E-state index < -0.39 is 0 Å². The number of hydrogen-bond donors (Lipinski definition) is 1. The molecule has 1 N–H and O–H groups in total. The molecule has 3 heteroatoms. The van der Waals surface area contributed by atoms with Gasteiger partial charge in [-0.05, 0) is 61.3 Å². The molecular formula is C16H17FN2. The molecule has 1 aromatic carbocycles. The lowest BCUT2D eigenvalue weighted by Gasteiger charge is -1.98. The normalized spacial score (nSPS) is 15.4. The Kier molecular flexibility index (Phi) is 3.56. The first-order chi connectivity index (χ1) is 9.34. The van der Waals surface area contributed by atoms with Crippen molar-refractivity contribution < 1.29 is 4.39 Å². The standard InChI is InChI=1S/C12H8FN.C4H9N/c13-10-3-4-11-9(7-10)6-8-2-1-5-14-12(8)11;1-2-4-5-3-1/h1-5,7H,6H2;5H,1-4H2. The van der Waals surface area contributed by atoms with Gasteiger partial charge in [-0.25, -0.2) is 4.39 Å². The Bertz CT molecular complexity index is 569. The summed E-state index contributed by atoms with van der Waals surface area (Å²) in [7, 11) is 0. The molecule has 4 rings (SSSR count). The number of aromatic nitrogens is 1. The highest BCUT2D eigenvalue weighted by Crippen LogP contribution is 2.34. The van der Waals surface area contributed by atoms with Gasteiger partial charge in [-0.2, -0.15) is 0 Å². The average Bonchev–Trinajstić information content (AvgIpc) is 3.09. The zero-order valence-corrected chi connectivity index (χ0v) is 10.8. The number of halogens is 1. The second kappa shape index (κ2) is 5.49. The summed E-state index contributed by atoms with van der Waals surface area (Å²) in [5, 5.41) is 3.22. The van der Waals surface area contributed by atoms with Gasteiger partial charge < -0.3 is 5.32 Å². The van der Waals surface area contributed by atoms with E-state index in [1.807, 2.05) is 18.2 Å². The second-order valence-electron chi connectivity index (χ2n) is 4.95. The molecule has 98 valence electrons. The van der Waals surface area contributed by atoms with Crippen molar-refractivity contribution in [2.24, 2.45) is 0 Å². The number of hydrogen-bond acceptors (Lipinski definition) is 2. The van der Waals surface area contributed by atoms with Crippen LogP contribution in [0.15, 0.2) is 36.5 Å². The minimum atomic E-state index is -0.170. The molecule has 0 amide bonds. The molecule has 0 unspecified atom stereocenters. The molecule has 1 fully saturated rings. The van der Waals surface area contributed by atoms with Crippen molar-refractivity contribution in [2.75, 3.05) is 13.1 Å². The van der Waals surface area contributed by atoms with Gasteiger partial charge in [0.15, 0.2) is 0 Å². The fraction of sp³-hybridized carbons (Fsp3) is 0.312. The van der Waals surface area contributed by atoms with E-state index in [9.17, 15) is 4.39 Å². The van der Waals surface area contributed by atoms with Crippen LogP contribution < -0.4 is 5.32 Å². The van der Waals surface area contributed by atoms with Crippen LogP contribution >= 0.6 is 0 Å². The molecule has 2 aliphatic rings. The van der Waals surface area contributed by atoms with Gasteiger partial charge in [-0.3, -0.25) is 4.98 Å². The van der Waals surface area contributed by atoms with Crippen molar-refractivity contribution in [3.05, 3.63) is 53.5 Å². The molecule has 1 aliphatic carbocycles. The minimum Gasteiger partial charge on any atom is -0.317 e. The predicted octanol–water partition coefficient (Wildman–Crippen LogP) is 3.16. The first-order valence-corrected chi connectivity index (χ1v) is 6.78. The van der Waals surface area contributed by atoms with E-state index in [-0.39, 0.29) is 5.82 Å². The zero-order chi connectivity index (χ0) is 13.1. The van der Waals surface area contributed by atoms with Crippen molar-refractivity contribution >= 4 is 0 Å². The maximum Gasteiger partial charge on any atom is 0.123 e. The Labute approximate surface area is 112 Å². The number of nitrogens with one attached hydrogen (secondary N) is 1. The Morgan fingerprint density at radius 2 is 1.89 bits per heavy atom. The molecule has 0 radical (unpaired) electrons. The molecule has 0 saturated carbocycles. The first-order valence-electron chi connectivity index (χ1n) is 6.78. The van der Waals surface area contributed by atoms with E-state index in [1.165, 1.54) is 37.6 Å². The summed E-state index contributed by atoms with van der Waals surface area (Å²) in [4.78, 5) is 4.31. The van der Waals surface area contributed by atoms with Crippen LogP contribution in [0.5, 0.6) is 0 Å². The molecule has 2 nitrogen and oxygen atoms in total. The van der Waals surface area contributed by atoms with Crippen molar-refractivity contribution in [1.82, 2.24) is 10.3 Å². The number of pyridine rings is 1. The van der Waals surface area contributed by atoms with Gasteiger partial charge in [-0.1, -0.05) is 6.07 Å². The third-order valence-corrected chi connectivity index (χ3v) is 3.55. The van der Waals surface area contributed by atoms with E-state index in [4.69, 9.17) is 0 Å². The van der Waals surface area contributed by atoms with Crippen molar-refractivity contribution in [2.45, 2.75) is 19.3 Å². The lowest BCUT2D eigenvalue weighted by atomic mass is 10.1. The predicted molar refractivity (Wildman–Crippen MR) is 74.5 cm³/mol. The van der Waals surface area contributed by atoms with E-state index in [0.717, 1.165) is 23.2 Å². The van der Waals surface area contributed by atoms with E-state index in [0.29, 0.717) is 0 Å². The SMILES string of the molecule is C1CCNC1.Fc1ccc2c(c1)Cc1cccnc1-2. The van der Waals surface area contributed by atoms with Crippen LogP contribution in [0.2, 0.25) is 0 Å². The molecule has 1 aromatic heterocycles. The molecule has 0 atom stereocenters. The lowest BCUT2D eigenvalue weighted by Crippen LogP contribution is -2.03. The van der Waals surface area contributed by atoms with Crippen LogP contribution in [0.25, 0.3) is 11.3 Å². The van der Waals surface area contributed by atoms with Gasteiger partial charge in [0, 0.05) is 18.2 Å². The lowest BCUT2D eigenvalue weighted by molar-refractivity contribution is 0.626. The fourth-order valence-corrected chi connectivity index (χ4v) is 2.59. The molecule has 2 heterocycles. The number of nitrogens with zero attached hydrogens (tertiary/aromatic N) is 1. The molecule has 1 saturated heterocycles. The Balaban J connectivity index is 0.000000187. The summed E-state index contributed by atoms with van der Waals surface area (Å²) in [5.41, 5.74) is 4.30. The first kappa shape index (κ1) is 12.3. The number of rotatable bonds is 0. The van der Waals surface area contributed by atoms with Crippen LogP contribution in [0.4, 0.5) is 4.39 Å². The topological polar surface area (TPSA) is 24.9 Å². The number of benzene rings is 1. The Morgan fingerprint density at radius 3 is 2.63 bits per heavy atom. The summed E-state index contributed by atoms with van der Waals surface area (Å²) in [6, 6.07) is 8.85. The molecule has 19 heavy (non-hydrogen) atoms. The van der Waals surface area contributed by atoms with Gasteiger partial charge in [0.05, 0.1) is 5.69 Å². The highest BCUT2D eigenvalue weighted by Gasteiger charge is 2.18. The smallest absolute Gasteiger partial charge is 0.123 e. The highest BCUT2D eigenvalue weighted by molar-refractivity contribution is 5.73. The summed E-state index contributed by atoms with van der Waals surface area (Å²) in [6.45, 7) is 2.50. The van der Waals surface area contributed by atoms with Crippen LogP contribution in [0.1, 0.15) is 24.0 Å². The van der Waals surface area contributed by atoms with E-state index in [2.05, 4.69) is 10.3 Å². The molecule has 1 aliphatic heterocycles. The fourth-order valence-electron chi connectivity index (χ4n) is 2.59. The maximum atomic E-state index is 13.0.